The van der Waals surface area contributed by atoms with E-state index in [2.05, 4.69) is 36.1 Å². The van der Waals surface area contributed by atoms with Crippen molar-refractivity contribution in [3.8, 4) is 0 Å². The molecule has 0 spiro atoms. The van der Waals surface area contributed by atoms with Gasteiger partial charge in [0.05, 0.1) is 6.42 Å². The molecule has 0 unspecified atom stereocenters. The molecule has 1 aliphatic rings. The van der Waals surface area contributed by atoms with Gasteiger partial charge in [-0.2, -0.15) is 0 Å². The molecular weight excluding hydrogens is 274 g/mol. The molecule has 22 heavy (non-hydrogen) atoms. The van der Waals surface area contributed by atoms with Gasteiger partial charge >= 0.3 is 5.97 Å². The van der Waals surface area contributed by atoms with Crippen molar-refractivity contribution in [1.29, 1.82) is 0 Å². The molecule has 1 fully saturated rings. The fraction of sp³-hybridized carbons (Fsp3) is 0.632. The normalized spacial score (nSPS) is 21.4. The largest absolute Gasteiger partial charge is 0.460 e. The fourth-order valence-electron chi connectivity index (χ4n) is 3.25. The molecule has 122 valence electrons. The molecule has 0 bridgehead atoms. The van der Waals surface area contributed by atoms with Crippen molar-refractivity contribution < 1.29 is 9.53 Å². The number of benzene rings is 1. The van der Waals surface area contributed by atoms with Crippen molar-refractivity contribution in [2.75, 3.05) is 6.54 Å². The molecule has 0 amide bonds. The van der Waals surface area contributed by atoms with Crippen LogP contribution in [0.25, 0.3) is 0 Å². The van der Waals surface area contributed by atoms with Gasteiger partial charge in [0.15, 0.2) is 0 Å². The summed E-state index contributed by atoms with van der Waals surface area (Å²) >= 11 is 0. The summed E-state index contributed by atoms with van der Waals surface area (Å²) in [4.78, 5) is 14.7. The van der Waals surface area contributed by atoms with E-state index in [0.717, 1.165) is 13.0 Å². The number of rotatable bonds is 4. The smallest absolute Gasteiger partial charge is 0.307 e. The zero-order chi connectivity index (χ0) is 16.2. The Labute approximate surface area is 134 Å². The van der Waals surface area contributed by atoms with Gasteiger partial charge in [0.1, 0.15) is 5.60 Å². The van der Waals surface area contributed by atoms with Gasteiger partial charge in [-0.1, -0.05) is 36.8 Å². The first-order valence-electron chi connectivity index (χ1n) is 8.39. The summed E-state index contributed by atoms with van der Waals surface area (Å²) in [5.41, 5.74) is 0.917. The SMILES string of the molecule is C[C@H](c1ccccc1)N1CCCC[C@H]1CC(=O)OC(C)(C)C. The summed E-state index contributed by atoms with van der Waals surface area (Å²) in [5.74, 6) is -0.0790. The number of nitrogens with zero attached hydrogens (tertiary/aromatic N) is 1. The van der Waals surface area contributed by atoms with Gasteiger partial charge < -0.3 is 4.74 Å². The van der Waals surface area contributed by atoms with Crippen molar-refractivity contribution in [3.63, 3.8) is 0 Å². The second-order valence-corrected chi connectivity index (χ2v) is 7.26. The molecule has 0 saturated carbocycles. The zero-order valence-electron chi connectivity index (χ0n) is 14.3. The van der Waals surface area contributed by atoms with Crippen molar-refractivity contribution in [2.24, 2.45) is 0 Å². The zero-order valence-corrected chi connectivity index (χ0v) is 14.3. The number of carbonyl (C=O) groups excluding carboxylic acids is 1. The van der Waals surface area contributed by atoms with Crippen LogP contribution in [0.2, 0.25) is 0 Å². The maximum Gasteiger partial charge on any atom is 0.307 e. The number of esters is 1. The third-order valence-electron chi connectivity index (χ3n) is 4.27. The van der Waals surface area contributed by atoms with Crippen LogP contribution in [0.4, 0.5) is 0 Å². The van der Waals surface area contributed by atoms with E-state index in [1.165, 1.54) is 18.4 Å². The predicted octanol–water partition coefficient (Wildman–Crippen LogP) is 4.33. The first-order valence-corrected chi connectivity index (χ1v) is 8.39. The van der Waals surface area contributed by atoms with Crippen LogP contribution in [0, 0.1) is 0 Å². The van der Waals surface area contributed by atoms with E-state index in [9.17, 15) is 4.79 Å². The van der Waals surface area contributed by atoms with E-state index >= 15 is 0 Å². The molecule has 2 atom stereocenters. The summed E-state index contributed by atoms with van der Waals surface area (Å²) in [6, 6.07) is 11.2. The van der Waals surface area contributed by atoms with Crippen molar-refractivity contribution in [2.45, 2.75) is 71.1 Å². The molecule has 3 nitrogen and oxygen atoms in total. The summed E-state index contributed by atoms with van der Waals surface area (Å²) in [7, 11) is 0. The Morgan fingerprint density at radius 2 is 1.95 bits per heavy atom. The van der Waals surface area contributed by atoms with Crippen LogP contribution in [-0.4, -0.2) is 29.1 Å². The van der Waals surface area contributed by atoms with Crippen LogP contribution in [0.5, 0.6) is 0 Å². The van der Waals surface area contributed by atoms with Crippen LogP contribution in [-0.2, 0) is 9.53 Å². The van der Waals surface area contributed by atoms with Gasteiger partial charge in [-0.05, 0) is 52.6 Å². The molecule has 0 aromatic heterocycles. The molecule has 0 radical (unpaired) electrons. The first-order chi connectivity index (χ1) is 10.4. The molecule has 2 rings (SSSR count). The molecular formula is C19H29NO2. The number of ether oxygens (including phenoxy) is 1. The third kappa shape index (κ3) is 4.84. The highest BCUT2D eigenvalue weighted by molar-refractivity contribution is 5.70. The number of likely N-dealkylation sites (tertiary alicyclic amines) is 1. The molecule has 1 aromatic carbocycles. The average molecular weight is 303 g/mol. The molecule has 1 heterocycles. The second kappa shape index (κ2) is 7.28. The summed E-state index contributed by atoms with van der Waals surface area (Å²) in [6.07, 6.45) is 3.98. The Morgan fingerprint density at radius 1 is 1.27 bits per heavy atom. The van der Waals surface area contributed by atoms with E-state index in [1.54, 1.807) is 0 Å². The quantitative estimate of drug-likeness (QED) is 0.775. The van der Waals surface area contributed by atoms with Crippen LogP contribution >= 0.6 is 0 Å². The lowest BCUT2D eigenvalue weighted by Gasteiger charge is -2.40. The minimum atomic E-state index is -0.401. The lowest BCUT2D eigenvalue weighted by Crippen LogP contribution is -2.43. The van der Waals surface area contributed by atoms with Crippen LogP contribution in [0.1, 0.15) is 65.0 Å². The van der Waals surface area contributed by atoms with Crippen molar-refractivity contribution in [1.82, 2.24) is 4.90 Å². The van der Waals surface area contributed by atoms with Crippen LogP contribution in [0.3, 0.4) is 0 Å². The number of hydrogen-bond donors (Lipinski definition) is 0. The Bertz CT molecular complexity index is 478. The highest BCUT2D eigenvalue weighted by Gasteiger charge is 2.30. The lowest BCUT2D eigenvalue weighted by molar-refractivity contribution is -0.156. The first kappa shape index (κ1) is 17.0. The summed E-state index contributed by atoms with van der Waals surface area (Å²) in [6.45, 7) is 9.08. The molecule has 3 heteroatoms. The summed E-state index contributed by atoms with van der Waals surface area (Å²) in [5, 5.41) is 0. The molecule has 0 N–H and O–H groups in total. The molecule has 1 saturated heterocycles. The highest BCUT2D eigenvalue weighted by atomic mass is 16.6. The maximum atomic E-state index is 12.2. The minimum Gasteiger partial charge on any atom is -0.460 e. The molecule has 0 aliphatic carbocycles. The Kier molecular flexibility index (Phi) is 5.63. The standard InChI is InChI=1S/C19H29NO2/c1-15(16-10-6-5-7-11-16)20-13-9-8-12-17(20)14-18(21)22-19(2,3)4/h5-7,10-11,15,17H,8-9,12-14H2,1-4H3/t15-,17+/m1/s1. The number of hydrogen-bond acceptors (Lipinski definition) is 3. The van der Waals surface area contributed by atoms with Crippen molar-refractivity contribution in [3.05, 3.63) is 35.9 Å². The van der Waals surface area contributed by atoms with E-state index < -0.39 is 5.60 Å². The topological polar surface area (TPSA) is 29.5 Å². The Morgan fingerprint density at radius 3 is 2.59 bits per heavy atom. The Balaban J connectivity index is 2.03. The lowest BCUT2D eigenvalue weighted by atomic mass is 9.95. The fourth-order valence-corrected chi connectivity index (χ4v) is 3.25. The van der Waals surface area contributed by atoms with Crippen LogP contribution in [0.15, 0.2) is 30.3 Å². The Hall–Kier alpha value is -1.35. The monoisotopic (exact) mass is 303 g/mol. The van der Waals surface area contributed by atoms with Crippen LogP contribution < -0.4 is 0 Å². The predicted molar refractivity (Wildman–Crippen MR) is 89.7 cm³/mol. The van der Waals surface area contributed by atoms with E-state index in [4.69, 9.17) is 4.74 Å². The molecule has 1 aromatic rings. The highest BCUT2D eigenvalue weighted by Crippen LogP contribution is 2.30. The van der Waals surface area contributed by atoms with E-state index in [0.29, 0.717) is 18.5 Å². The van der Waals surface area contributed by atoms with Crippen molar-refractivity contribution >= 4 is 5.97 Å². The number of carbonyl (C=O) groups is 1. The second-order valence-electron chi connectivity index (χ2n) is 7.26. The number of piperidine rings is 1. The van der Waals surface area contributed by atoms with Gasteiger partial charge in [-0.25, -0.2) is 0 Å². The molecule has 1 aliphatic heterocycles. The van der Waals surface area contributed by atoms with Gasteiger partial charge in [0, 0.05) is 12.1 Å². The minimum absolute atomic E-state index is 0.0790. The van der Waals surface area contributed by atoms with Gasteiger partial charge in [-0.15, -0.1) is 0 Å². The average Bonchev–Trinajstić information content (AvgIpc) is 2.46. The van der Waals surface area contributed by atoms with Gasteiger partial charge in [0.2, 0.25) is 0 Å². The van der Waals surface area contributed by atoms with Gasteiger partial charge in [0.25, 0.3) is 0 Å². The van der Waals surface area contributed by atoms with E-state index in [1.807, 2.05) is 26.8 Å². The summed E-state index contributed by atoms with van der Waals surface area (Å²) < 4.78 is 5.51. The van der Waals surface area contributed by atoms with Gasteiger partial charge in [-0.3, -0.25) is 9.69 Å². The maximum absolute atomic E-state index is 12.2. The third-order valence-corrected chi connectivity index (χ3v) is 4.27. The van der Waals surface area contributed by atoms with E-state index in [-0.39, 0.29) is 5.97 Å².